The highest BCUT2D eigenvalue weighted by Gasteiger charge is 2.32. The summed E-state index contributed by atoms with van der Waals surface area (Å²) in [4.78, 5) is 20.9. The topological polar surface area (TPSA) is 61.9 Å². The average molecular weight is 347 g/mol. The van der Waals surface area contributed by atoms with Crippen LogP contribution in [0.3, 0.4) is 0 Å². The molecule has 6 heteroatoms. The smallest absolute Gasteiger partial charge is 0.230 e. The van der Waals surface area contributed by atoms with Crippen molar-refractivity contribution in [1.29, 1.82) is 0 Å². The number of carbonyl (C=O) groups is 1. The Balaban J connectivity index is 1.81. The molecule has 0 aliphatic heterocycles. The van der Waals surface area contributed by atoms with Gasteiger partial charge in [0.1, 0.15) is 0 Å². The molecular weight excluding hydrogens is 320 g/mol. The molecule has 3 rings (SSSR count). The Bertz CT molecular complexity index is 733. The second-order valence-corrected chi connectivity index (χ2v) is 8.09. The number of fused-ring (bicyclic) bond motifs is 1. The SMILES string of the molecule is Cc1nc(C(C)C)sc1C(C)N(C)C(=O)C1CCCc2[nH]ncc21. The van der Waals surface area contributed by atoms with Gasteiger partial charge in [0, 0.05) is 29.1 Å². The summed E-state index contributed by atoms with van der Waals surface area (Å²) in [6.07, 6.45) is 4.75. The summed E-state index contributed by atoms with van der Waals surface area (Å²) in [5, 5.41) is 8.31. The minimum absolute atomic E-state index is 0.0415. The van der Waals surface area contributed by atoms with Gasteiger partial charge in [0.25, 0.3) is 0 Å². The Labute approximate surface area is 147 Å². The number of rotatable bonds is 4. The number of carbonyl (C=O) groups excluding carboxylic acids is 1. The largest absolute Gasteiger partial charge is 0.338 e. The highest BCUT2D eigenvalue weighted by Crippen LogP contribution is 2.36. The zero-order valence-corrected chi connectivity index (χ0v) is 15.9. The molecule has 24 heavy (non-hydrogen) atoms. The van der Waals surface area contributed by atoms with E-state index in [0.717, 1.165) is 41.2 Å². The van der Waals surface area contributed by atoms with Crippen molar-refractivity contribution < 1.29 is 4.79 Å². The number of H-pyrrole nitrogens is 1. The third-order valence-corrected chi connectivity index (χ3v) is 6.62. The molecule has 2 heterocycles. The molecule has 0 fully saturated rings. The van der Waals surface area contributed by atoms with Gasteiger partial charge in [0.2, 0.25) is 5.91 Å². The van der Waals surface area contributed by atoms with E-state index < -0.39 is 0 Å². The minimum atomic E-state index is -0.0715. The fourth-order valence-electron chi connectivity index (χ4n) is 3.39. The van der Waals surface area contributed by atoms with Crippen LogP contribution in [0.15, 0.2) is 6.20 Å². The molecule has 1 N–H and O–H groups in total. The number of amides is 1. The molecular formula is C18H26N4OS. The van der Waals surface area contributed by atoms with Crippen LogP contribution >= 0.6 is 11.3 Å². The van der Waals surface area contributed by atoms with Crippen LogP contribution in [0.2, 0.25) is 0 Å². The van der Waals surface area contributed by atoms with Crippen LogP contribution < -0.4 is 0 Å². The van der Waals surface area contributed by atoms with Gasteiger partial charge < -0.3 is 4.90 Å². The second-order valence-electron chi connectivity index (χ2n) is 7.03. The molecule has 0 bridgehead atoms. The number of hydrogen-bond acceptors (Lipinski definition) is 4. The van der Waals surface area contributed by atoms with E-state index >= 15 is 0 Å². The quantitative estimate of drug-likeness (QED) is 0.912. The number of hydrogen-bond donors (Lipinski definition) is 1. The maximum atomic E-state index is 13.1. The Morgan fingerprint density at radius 1 is 1.42 bits per heavy atom. The molecule has 5 nitrogen and oxygen atoms in total. The maximum Gasteiger partial charge on any atom is 0.230 e. The lowest BCUT2D eigenvalue weighted by Crippen LogP contribution is -2.35. The summed E-state index contributed by atoms with van der Waals surface area (Å²) >= 11 is 1.73. The van der Waals surface area contributed by atoms with Gasteiger partial charge in [0.15, 0.2) is 0 Å². The number of thiazole rings is 1. The number of nitrogens with one attached hydrogen (secondary N) is 1. The number of likely N-dealkylation sites (N-methyl/N-ethyl adjacent to an activating group) is 1. The van der Waals surface area contributed by atoms with Gasteiger partial charge in [-0.3, -0.25) is 9.89 Å². The summed E-state index contributed by atoms with van der Waals surface area (Å²) in [5.74, 6) is 0.531. The van der Waals surface area contributed by atoms with Crippen molar-refractivity contribution in [3.05, 3.63) is 33.0 Å². The predicted molar refractivity (Wildman–Crippen MR) is 96.4 cm³/mol. The van der Waals surface area contributed by atoms with E-state index in [1.54, 1.807) is 11.3 Å². The van der Waals surface area contributed by atoms with Gasteiger partial charge in [-0.2, -0.15) is 5.10 Å². The highest BCUT2D eigenvalue weighted by atomic mass is 32.1. The van der Waals surface area contributed by atoms with Crippen molar-refractivity contribution in [2.24, 2.45) is 0 Å². The van der Waals surface area contributed by atoms with Crippen molar-refractivity contribution in [2.75, 3.05) is 7.05 Å². The van der Waals surface area contributed by atoms with E-state index in [1.165, 1.54) is 4.88 Å². The Hall–Kier alpha value is -1.69. The molecule has 130 valence electrons. The fourth-order valence-corrected chi connectivity index (χ4v) is 4.56. The molecule has 1 aliphatic carbocycles. The lowest BCUT2D eigenvalue weighted by Gasteiger charge is -2.30. The monoisotopic (exact) mass is 346 g/mol. The maximum absolute atomic E-state index is 13.1. The first kappa shape index (κ1) is 17.1. The van der Waals surface area contributed by atoms with Gasteiger partial charge >= 0.3 is 0 Å². The van der Waals surface area contributed by atoms with E-state index in [9.17, 15) is 4.79 Å². The summed E-state index contributed by atoms with van der Waals surface area (Å²) in [6.45, 7) is 8.46. The summed E-state index contributed by atoms with van der Waals surface area (Å²) in [5.41, 5.74) is 3.24. The first-order valence-electron chi connectivity index (χ1n) is 8.66. The van der Waals surface area contributed by atoms with Crippen LogP contribution in [0.25, 0.3) is 0 Å². The lowest BCUT2D eigenvalue weighted by molar-refractivity contribution is -0.133. The Morgan fingerprint density at radius 3 is 2.83 bits per heavy atom. The third kappa shape index (κ3) is 2.99. The predicted octanol–water partition coefficient (Wildman–Crippen LogP) is 3.94. The molecule has 2 atom stereocenters. The van der Waals surface area contributed by atoms with Crippen LogP contribution in [0, 0.1) is 6.92 Å². The van der Waals surface area contributed by atoms with Crippen LogP contribution in [0.5, 0.6) is 0 Å². The normalized spacial score (nSPS) is 18.5. The van der Waals surface area contributed by atoms with Crippen molar-refractivity contribution in [1.82, 2.24) is 20.1 Å². The fraction of sp³-hybridized carbons (Fsp3) is 0.611. The van der Waals surface area contributed by atoms with Crippen LogP contribution in [-0.4, -0.2) is 33.0 Å². The van der Waals surface area contributed by atoms with Crippen molar-refractivity contribution in [2.45, 2.75) is 64.8 Å². The van der Waals surface area contributed by atoms with Crippen molar-refractivity contribution in [3.8, 4) is 0 Å². The molecule has 0 saturated heterocycles. The van der Waals surface area contributed by atoms with Crippen LogP contribution in [0.1, 0.15) is 78.3 Å². The first-order valence-corrected chi connectivity index (χ1v) is 9.47. The van der Waals surface area contributed by atoms with Gasteiger partial charge in [-0.05, 0) is 33.1 Å². The molecule has 2 unspecified atom stereocenters. The zero-order valence-electron chi connectivity index (χ0n) is 15.1. The molecule has 0 spiro atoms. The molecule has 1 amide bonds. The van der Waals surface area contributed by atoms with Crippen molar-refractivity contribution in [3.63, 3.8) is 0 Å². The van der Waals surface area contributed by atoms with E-state index in [2.05, 4.69) is 36.0 Å². The summed E-state index contributed by atoms with van der Waals surface area (Å²) < 4.78 is 0. The van der Waals surface area contributed by atoms with Gasteiger partial charge in [0.05, 0.1) is 28.9 Å². The van der Waals surface area contributed by atoms with Gasteiger partial charge in [-0.25, -0.2) is 4.98 Å². The van der Waals surface area contributed by atoms with E-state index in [-0.39, 0.29) is 17.9 Å². The molecule has 0 aromatic carbocycles. The van der Waals surface area contributed by atoms with E-state index in [4.69, 9.17) is 0 Å². The average Bonchev–Trinajstić information content (AvgIpc) is 3.18. The number of aromatic nitrogens is 3. The number of aromatic amines is 1. The van der Waals surface area contributed by atoms with Gasteiger partial charge in [-0.15, -0.1) is 11.3 Å². The molecule has 1 aliphatic rings. The number of nitrogens with zero attached hydrogens (tertiary/aromatic N) is 3. The first-order chi connectivity index (χ1) is 11.4. The highest BCUT2D eigenvalue weighted by molar-refractivity contribution is 7.11. The molecule has 0 radical (unpaired) electrons. The zero-order chi connectivity index (χ0) is 17.4. The summed E-state index contributed by atoms with van der Waals surface area (Å²) in [6, 6.07) is 0.0415. The lowest BCUT2D eigenvalue weighted by atomic mass is 9.86. The molecule has 0 saturated carbocycles. The minimum Gasteiger partial charge on any atom is -0.338 e. The Morgan fingerprint density at radius 2 is 2.17 bits per heavy atom. The number of aryl methyl sites for hydroxylation is 2. The van der Waals surface area contributed by atoms with E-state index in [1.807, 2.05) is 25.1 Å². The third-order valence-electron chi connectivity index (χ3n) is 5.00. The Kier molecular flexibility index (Phi) is 4.76. The second kappa shape index (κ2) is 6.67. The van der Waals surface area contributed by atoms with Crippen molar-refractivity contribution >= 4 is 17.2 Å². The van der Waals surface area contributed by atoms with E-state index in [0.29, 0.717) is 5.92 Å². The van der Waals surface area contributed by atoms with Crippen LogP contribution in [-0.2, 0) is 11.2 Å². The molecule has 2 aromatic rings. The molecule has 2 aromatic heterocycles. The van der Waals surface area contributed by atoms with Crippen LogP contribution in [0.4, 0.5) is 0 Å². The summed E-state index contributed by atoms with van der Waals surface area (Å²) in [7, 11) is 1.91. The van der Waals surface area contributed by atoms with Gasteiger partial charge in [-0.1, -0.05) is 13.8 Å². The standard InChI is InChI=1S/C18H26N4OS/c1-10(2)17-20-11(3)16(24-17)12(4)22(5)18(23)13-7-6-8-15-14(13)9-19-21-15/h9-10,12-13H,6-8H2,1-5H3,(H,19,21).